The van der Waals surface area contributed by atoms with Crippen molar-refractivity contribution in [2.75, 3.05) is 19.0 Å². The Hall–Kier alpha value is -3.92. The van der Waals surface area contributed by atoms with Crippen molar-refractivity contribution in [1.82, 2.24) is 19.7 Å². The fraction of sp³-hybridized carbons (Fsp3) is 0.250. The molecule has 0 radical (unpaired) electrons. The summed E-state index contributed by atoms with van der Waals surface area (Å²) in [5.74, 6) is 1.55. The van der Waals surface area contributed by atoms with Crippen LogP contribution >= 0.6 is 11.3 Å². The topological polar surface area (TPSA) is 111 Å². The van der Waals surface area contributed by atoms with Crippen LogP contribution in [0.5, 0.6) is 11.5 Å². The first kappa shape index (κ1) is 21.9. The highest BCUT2D eigenvalue weighted by Crippen LogP contribution is 2.28. The van der Waals surface area contributed by atoms with Crippen molar-refractivity contribution >= 4 is 23.1 Å². The maximum Gasteiger partial charge on any atom is 0.263 e. The SMILES string of the molecule is COc1ccc(OCC(=O)Nc2cc(-c3cccs3)nn2-c2nc3c(c(=O)[nH]2)CCCC3)cc1. The Morgan fingerprint density at radius 2 is 1.97 bits per heavy atom. The minimum absolute atomic E-state index is 0.159. The van der Waals surface area contributed by atoms with Crippen LogP contribution in [0.3, 0.4) is 0 Å². The van der Waals surface area contributed by atoms with Crippen LogP contribution in [-0.4, -0.2) is 39.4 Å². The minimum atomic E-state index is -0.366. The number of aromatic amines is 1. The maximum absolute atomic E-state index is 12.7. The summed E-state index contributed by atoms with van der Waals surface area (Å²) in [6.45, 7) is -0.194. The highest BCUT2D eigenvalue weighted by Gasteiger charge is 2.20. The van der Waals surface area contributed by atoms with E-state index in [0.29, 0.717) is 23.0 Å². The summed E-state index contributed by atoms with van der Waals surface area (Å²) >= 11 is 1.53. The van der Waals surface area contributed by atoms with Gasteiger partial charge in [-0.3, -0.25) is 14.6 Å². The number of methoxy groups -OCH3 is 1. The number of H-pyrrole nitrogens is 1. The van der Waals surface area contributed by atoms with Gasteiger partial charge in [0, 0.05) is 11.6 Å². The second kappa shape index (κ2) is 9.52. The molecule has 0 saturated carbocycles. The molecule has 0 fully saturated rings. The number of benzene rings is 1. The van der Waals surface area contributed by atoms with Gasteiger partial charge in [-0.2, -0.15) is 9.78 Å². The van der Waals surface area contributed by atoms with Crippen molar-refractivity contribution < 1.29 is 14.3 Å². The standard InChI is InChI=1S/C24H23N5O4S/c1-32-15-8-10-16(11-9-15)33-14-22(30)26-21-13-19(20-7-4-12-34-20)28-29(21)24-25-18-6-3-2-5-17(18)23(31)27-24/h4,7-13H,2-3,5-6,14H2,1H3,(H,26,30)(H,25,27,31). The van der Waals surface area contributed by atoms with Gasteiger partial charge in [0.1, 0.15) is 23.0 Å². The molecule has 3 heterocycles. The minimum Gasteiger partial charge on any atom is -0.497 e. The van der Waals surface area contributed by atoms with Crippen LogP contribution in [0.2, 0.25) is 0 Å². The lowest BCUT2D eigenvalue weighted by Gasteiger charge is -2.15. The van der Waals surface area contributed by atoms with Crippen molar-refractivity contribution in [2.45, 2.75) is 25.7 Å². The fourth-order valence-electron chi connectivity index (χ4n) is 3.87. The predicted octanol–water partition coefficient (Wildman–Crippen LogP) is 3.59. The van der Waals surface area contributed by atoms with Crippen molar-refractivity contribution in [2.24, 2.45) is 0 Å². The monoisotopic (exact) mass is 477 g/mol. The third kappa shape index (κ3) is 4.58. The molecule has 0 atom stereocenters. The van der Waals surface area contributed by atoms with Crippen molar-refractivity contribution in [1.29, 1.82) is 0 Å². The zero-order valence-electron chi connectivity index (χ0n) is 18.5. The van der Waals surface area contributed by atoms with Crippen LogP contribution in [0.15, 0.2) is 52.6 Å². The Kier molecular flexibility index (Phi) is 6.13. The molecule has 1 aliphatic rings. The molecule has 0 unspecified atom stereocenters. The number of aryl methyl sites for hydroxylation is 1. The van der Waals surface area contributed by atoms with Crippen LogP contribution in [0.25, 0.3) is 16.5 Å². The van der Waals surface area contributed by atoms with Gasteiger partial charge < -0.3 is 14.8 Å². The van der Waals surface area contributed by atoms with Gasteiger partial charge >= 0.3 is 0 Å². The summed E-state index contributed by atoms with van der Waals surface area (Å²) in [6, 6.07) is 12.6. The number of hydrogen-bond donors (Lipinski definition) is 2. The number of fused-ring (bicyclic) bond motifs is 1. The van der Waals surface area contributed by atoms with E-state index in [1.807, 2.05) is 17.5 Å². The molecule has 10 heteroatoms. The first-order valence-electron chi connectivity index (χ1n) is 10.9. The van der Waals surface area contributed by atoms with E-state index >= 15 is 0 Å². The van der Waals surface area contributed by atoms with Gasteiger partial charge in [0.05, 0.1) is 17.7 Å². The van der Waals surface area contributed by atoms with Crippen LogP contribution < -0.4 is 20.3 Å². The van der Waals surface area contributed by atoms with E-state index in [1.165, 1.54) is 16.0 Å². The van der Waals surface area contributed by atoms with E-state index in [4.69, 9.17) is 9.47 Å². The third-order valence-electron chi connectivity index (χ3n) is 5.56. The molecular weight excluding hydrogens is 454 g/mol. The molecular formula is C24H23N5O4S. The van der Waals surface area contributed by atoms with Gasteiger partial charge in [-0.05, 0) is 61.4 Å². The normalized spacial score (nSPS) is 12.7. The van der Waals surface area contributed by atoms with Gasteiger partial charge in [-0.25, -0.2) is 4.98 Å². The second-order valence-electron chi connectivity index (χ2n) is 7.84. The van der Waals surface area contributed by atoms with Gasteiger partial charge in [-0.15, -0.1) is 11.3 Å². The summed E-state index contributed by atoms with van der Waals surface area (Å²) in [7, 11) is 1.58. The molecule has 0 saturated heterocycles. The number of ether oxygens (including phenoxy) is 2. The number of nitrogens with one attached hydrogen (secondary N) is 2. The summed E-state index contributed by atoms with van der Waals surface area (Å²) in [5.41, 5.74) is 2.03. The first-order chi connectivity index (χ1) is 16.6. The largest absolute Gasteiger partial charge is 0.497 e. The van der Waals surface area contributed by atoms with Crippen LogP contribution in [0, 0.1) is 0 Å². The smallest absolute Gasteiger partial charge is 0.263 e. The molecule has 4 aromatic rings. The first-order valence-corrected chi connectivity index (χ1v) is 11.8. The molecule has 5 rings (SSSR count). The Morgan fingerprint density at radius 3 is 2.74 bits per heavy atom. The third-order valence-corrected chi connectivity index (χ3v) is 6.45. The average Bonchev–Trinajstić information content (AvgIpc) is 3.53. The lowest BCUT2D eigenvalue weighted by Crippen LogP contribution is -2.26. The molecule has 1 aliphatic carbocycles. The van der Waals surface area contributed by atoms with E-state index < -0.39 is 0 Å². The molecule has 9 nitrogen and oxygen atoms in total. The van der Waals surface area contributed by atoms with Gasteiger partial charge in [0.25, 0.3) is 11.5 Å². The van der Waals surface area contributed by atoms with Crippen LogP contribution in [-0.2, 0) is 17.6 Å². The average molecular weight is 478 g/mol. The van der Waals surface area contributed by atoms with E-state index in [2.05, 4.69) is 20.4 Å². The fourth-order valence-corrected chi connectivity index (χ4v) is 4.55. The zero-order chi connectivity index (χ0) is 23.5. The maximum atomic E-state index is 12.7. The van der Waals surface area contributed by atoms with Crippen LogP contribution in [0.4, 0.5) is 5.82 Å². The molecule has 3 aromatic heterocycles. The van der Waals surface area contributed by atoms with E-state index in [1.54, 1.807) is 37.4 Å². The van der Waals surface area contributed by atoms with Gasteiger partial charge in [0.15, 0.2) is 6.61 Å². The van der Waals surface area contributed by atoms with Gasteiger partial charge in [-0.1, -0.05) is 6.07 Å². The number of rotatable bonds is 7. The Labute approximate surface area is 199 Å². The molecule has 174 valence electrons. The summed E-state index contributed by atoms with van der Waals surface area (Å²) in [5, 5.41) is 9.42. The highest BCUT2D eigenvalue weighted by molar-refractivity contribution is 7.13. The number of hydrogen-bond acceptors (Lipinski definition) is 7. The lowest BCUT2D eigenvalue weighted by atomic mass is 9.97. The zero-order valence-corrected chi connectivity index (χ0v) is 19.4. The molecule has 0 bridgehead atoms. The van der Waals surface area contributed by atoms with Crippen LogP contribution in [0.1, 0.15) is 24.1 Å². The van der Waals surface area contributed by atoms with E-state index in [-0.39, 0.29) is 24.0 Å². The summed E-state index contributed by atoms with van der Waals surface area (Å²) in [6.07, 6.45) is 3.46. The molecule has 34 heavy (non-hydrogen) atoms. The highest BCUT2D eigenvalue weighted by atomic mass is 32.1. The Bertz CT molecular complexity index is 1360. The Morgan fingerprint density at radius 1 is 1.18 bits per heavy atom. The van der Waals surface area contributed by atoms with E-state index in [9.17, 15) is 9.59 Å². The molecule has 0 aliphatic heterocycles. The van der Waals surface area contributed by atoms with Crippen molar-refractivity contribution in [3.63, 3.8) is 0 Å². The molecule has 0 spiro atoms. The predicted molar refractivity (Wildman–Crippen MR) is 129 cm³/mol. The molecule has 1 amide bonds. The summed E-state index contributed by atoms with van der Waals surface area (Å²) in [4.78, 5) is 33.8. The van der Waals surface area contributed by atoms with Gasteiger partial charge in [0.2, 0.25) is 5.95 Å². The number of anilines is 1. The summed E-state index contributed by atoms with van der Waals surface area (Å²) < 4.78 is 12.2. The van der Waals surface area contributed by atoms with Crippen molar-refractivity contribution in [3.8, 4) is 28.0 Å². The number of thiophene rings is 1. The number of aromatic nitrogens is 4. The lowest BCUT2D eigenvalue weighted by molar-refractivity contribution is -0.118. The van der Waals surface area contributed by atoms with E-state index in [0.717, 1.165) is 41.8 Å². The van der Waals surface area contributed by atoms with Crippen molar-refractivity contribution in [3.05, 3.63) is 69.5 Å². The number of nitrogens with zero attached hydrogens (tertiary/aromatic N) is 3. The number of amides is 1. The quantitative estimate of drug-likeness (QED) is 0.421. The molecule has 1 aromatic carbocycles. The second-order valence-corrected chi connectivity index (χ2v) is 8.79. The molecule has 2 N–H and O–H groups in total. The number of carbonyl (C=O) groups is 1. The Balaban J connectivity index is 1.41. The number of carbonyl (C=O) groups excluding carboxylic acids is 1.